The Morgan fingerprint density at radius 3 is 2.77 bits per heavy atom. The number of hydrogen-bond donors (Lipinski definition) is 1. The standard InChI is InChI=1S/C19H20N4O3/c1-13-8-9-20-17(10-13)21-18(24)12-23(2)19(25)15-11-16(26-22-15)14-6-4-3-5-7-14/h3-10,16H,11-12H2,1-2H3,(H,20,21,24). The highest BCUT2D eigenvalue weighted by molar-refractivity contribution is 6.39. The van der Waals surface area contributed by atoms with Crippen LogP contribution in [-0.4, -0.2) is 41.0 Å². The number of rotatable bonds is 5. The summed E-state index contributed by atoms with van der Waals surface area (Å²) in [6.45, 7) is 1.82. The lowest BCUT2D eigenvalue weighted by atomic mass is 10.0. The molecule has 0 saturated heterocycles. The third-order valence-corrected chi connectivity index (χ3v) is 4.00. The van der Waals surface area contributed by atoms with Crippen molar-refractivity contribution in [1.29, 1.82) is 0 Å². The number of benzene rings is 1. The maximum Gasteiger partial charge on any atom is 0.272 e. The lowest BCUT2D eigenvalue weighted by Crippen LogP contribution is -2.38. The van der Waals surface area contributed by atoms with Crippen molar-refractivity contribution in [2.45, 2.75) is 19.4 Å². The summed E-state index contributed by atoms with van der Waals surface area (Å²) in [7, 11) is 1.56. The highest BCUT2D eigenvalue weighted by Crippen LogP contribution is 2.27. The quantitative estimate of drug-likeness (QED) is 0.895. The number of aryl methyl sites for hydroxylation is 1. The highest BCUT2D eigenvalue weighted by atomic mass is 16.6. The van der Waals surface area contributed by atoms with E-state index < -0.39 is 0 Å². The molecule has 1 aliphatic heterocycles. The smallest absolute Gasteiger partial charge is 0.272 e. The summed E-state index contributed by atoms with van der Waals surface area (Å²) in [6, 6.07) is 13.2. The van der Waals surface area contributed by atoms with Crippen LogP contribution < -0.4 is 5.32 Å². The van der Waals surface area contributed by atoms with Crippen LogP contribution in [0.5, 0.6) is 0 Å². The second-order valence-corrected chi connectivity index (χ2v) is 6.17. The lowest BCUT2D eigenvalue weighted by Gasteiger charge is -2.16. The van der Waals surface area contributed by atoms with Crippen LogP contribution in [0.1, 0.15) is 23.7 Å². The molecule has 2 amide bonds. The van der Waals surface area contributed by atoms with E-state index >= 15 is 0 Å². The summed E-state index contributed by atoms with van der Waals surface area (Å²) < 4.78 is 0. The molecular weight excluding hydrogens is 332 g/mol. The fourth-order valence-electron chi connectivity index (χ4n) is 2.64. The molecule has 0 radical (unpaired) electrons. The molecule has 3 rings (SSSR count). The van der Waals surface area contributed by atoms with E-state index in [2.05, 4.69) is 15.5 Å². The number of nitrogens with zero attached hydrogens (tertiary/aromatic N) is 3. The molecule has 1 atom stereocenters. The van der Waals surface area contributed by atoms with Crippen LogP contribution in [0.25, 0.3) is 0 Å². The van der Waals surface area contributed by atoms with Crippen LogP contribution in [-0.2, 0) is 14.4 Å². The lowest BCUT2D eigenvalue weighted by molar-refractivity contribution is -0.127. The second kappa shape index (κ2) is 7.77. The van der Waals surface area contributed by atoms with Crippen molar-refractivity contribution >= 4 is 23.3 Å². The van der Waals surface area contributed by atoms with Crippen molar-refractivity contribution in [3.63, 3.8) is 0 Å². The van der Waals surface area contributed by atoms with Gasteiger partial charge in [0.1, 0.15) is 11.5 Å². The summed E-state index contributed by atoms with van der Waals surface area (Å²) in [5, 5.41) is 6.58. The minimum Gasteiger partial charge on any atom is -0.387 e. The van der Waals surface area contributed by atoms with Gasteiger partial charge < -0.3 is 15.1 Å². The van der Waals surface area contributed by atoms with Gasteiger partial charge in [-0.2, -0.15) is 0 Å². The van der Waals surface area contributed by atoms with Gasteiger partial charge in [0, 0.05) is 19.7 Å². The number of hydrogen-bond acceptors (Lipinski definition) is 5. The molecule has 134 valence electrons. The van der Waals surface area contributed by atoms with Gasteiger partial charge in [-0.3, -0.25) is 9.59 Å². The Bertz CT molecular complexity index is 836. The van der Waals surface area contributed by atoms with Gasteiger partial charge in [0.05, 0.1) is 6.54 Å². The van der Waals surface area contributed by atoms with Gasteiger partial charge >= 0.3 is 0 Å². The number of anilines is 1. The number of amides is 2. The van der Waals surface area contributed by atoms with E-state index in [0.29, 0.717) is 18.0 Å². The molecule has 7 heteroatoms. The molecule has 1 aliphatic rings. The van der Waals surface area contributed by atoms with Crippen LogP contribution in [0.4, 0.5) is 5.82 Å². The number of carbonyl (C=O) groups is 2. The first-order chi connectivity index (χ1) is 12.5. The number of aromatic nitrogens is 1. The van der Waals surface area contributed by atoms with Crippen molar-refractivity contribution in [3.8, 4) is 0 Å². The van der Waals surface area contributed by atoms with Crippen LogP contribution >= 0.6 is 0 Å². The molecule has 0 aliphatic carbocycles. The predicted molar refractivity (Wildman–Crippen MR) is 97.6 cm³/mol. The number of nitrogens with one attached hydrogen (secondary N) is 1. The SMILES string of the molecule is Cc1ccnc(NC(=O)CN(C)C(=O)C2=NOC(c3ccccc3)C2)c1. The zero-order valence-corrected chi connectivity index (χ0v) is 14.7. The minimum absolute atomic E-state index is 0.0938. The fourth-order valence-corrected chi connectivity index (χ4v) is 2.64. The largest absolute Gasteiger partial charge is 0.387 e. The third kappa shape index (κ3) is 4.24. The molecule has 1 aromatic carbocycles. The molecule has 1 unspecified atom stereocenters. The Kier molecular flexibility index (Phi) is 5.26. The molecule has 0 bridgehead atoms. The van der Waals surface area contributed by atoms with E-state index in [1.807, 2.05) is 43.3 Å². The van der Waals surface area contributed by atoms with Crippen LogP contribution in [0.15, 0.2) is 53.8 Å². The van der Waals surface area contributed by atoms with Gasteiger partial charge in [-0.1, -0.05) is 35.5 Å². The van der Waals surface area contributed by atoms with E-state index in [9.17, 15) is 9.59 Å². The maximum atomic E-state index is 12.5. The number of likely N-dealkylation sites (N-methyl/N-ethyl adjacent to an activating group) is 1. The molecule has 1 N–H and O–H groups in total. The van der Waals surface area contributed by atoms with E-state index in [1.54, 1.807) is 19.3 Å². The van der Waals surface area contributed by atoms with Crippen LogP contribution in [0.3, 0.4) is 0 Å². The molecule has 2 aromatic rings. The Labute approximate surface area is 151 Å². The highest BCUT2D eigenvalue weighted by Gasteiger charge is 2.29. The summed E-state index contributed by atoms with van der Waals surface area (Å²) in [5.74, 6) is -0.185. The average molecular weight is 352 g/mol. The first kappa shape index (κ1) is 17.6. The van der Waals surface area contributed by atoms with Gasteiger partial charge in [0.15, 0.2) is 6.10 Å². The first-order valence-corrected chi connectivity index (χ1v) is 8.28. The number of carbonyl (C=O) groups excluding carboxylic acids is 2. The summed E-state index contributed by atoms with van der Waals surface area (Å²) >= 11 is 0. The topological polar surface area (TPSA) is 83.9 Å². The first-order valence-electron chi connectivity index (χ1n) is 8.28. The minimum atomic E-state index is -0.323. The Balaban J connectivity index is 1.54. The molecule has 26 heavy (non-hydrogen) atoms. The van der Waals surface area contributed by atoms with Crippen molar-refractivity contribution in [2.75, 3.05) is 18.9 Å². The molecule has 2 heterocycles. The number of oxime groups is 1. The Hall–Kier alpha value is -3.22. The molecule has 0 saturated carbocycles. The third-order valence-electron chi connectivity index (χ3n) is 4.00. The maximum absolute atomic E-state index is 12.5. The molecule has 1 aromatic heterocycles. The average Bonchev–Trinajstić information content (AvgIpc) is 3.11. The predicted octanol–water partition coefficient (Wildman–Crippen LogP) is 2.30. The van der Waals surface area contributed by atoms with Crippen LogP contribution in [0.2, 0.25) is 0 Å². The monoisotopic (exact) mass is 352 g/mol. The summed E-state index contributed by atoms with van der Waals surface area (Å²) in [5.41, 5.74) is 2.26. The molecular formula is C19H20N4O3. The van der Waals surface area contributed by atoms with Gasteiger partial charge in [-0.15, -0.1) is 0 Å². The molecule has 0 spiro atoms. The Morgan fingerprint density at radius 1 is 1.27 bits per heavy atom. The zero-order chi connectivity index (χ0) is 18.5. The van der Waals surface area contributed by atoms with Crippen molar-refractivity contribution < 1.29 is 14.4 Å². The van der Waals surface area contributed by atoms with Crippen LogP contribution in [0, 0.1) is 6.92 Å². The van der Waals surface area contributed by atoms with Crippen molar-refractivity contribution in [2.24, 2.45) is 5.16 Å². The zero-order valence-electron chi connectivity index (χ0n) is 14.7. The number of pyridine rings is 1. The fraction of sp³-hybridized carbons (Fsp3) is 0.263. The van der Waals surface area contributed by atoms with Gasteiger partial charge in [-0.05, 0) is 30.2 Å². The van der Waals surface area contributed by atoms with Gasteiger partial charge in [0.25, 0.3) is 5.91 Å². The normalized spacial score (nSPS) is 15.8. The van der Waals surface area contributed by atoms with Crippen molar-refractivity contribution in [3.05, 3.63) is 59.8 Å². The summed E-state index contributed by atoms with van der Waals surface area (Å²) in [6.07, 6.45) is 1.73. The van der Waals surface area contributed by atoms with E-state index in [1.165, 1.54) is 4.90 Å². The van der Waals surface area contributed by atoms with Gasteiger partial charge in [0.2, 0.25) is 5.91 Å². The van der Waals surface area contributed by atoms with Gasteiger partial charge in [-0.25, -0.2) is 4.98 Å². The molecule has 7 nitrogen and oxygen atoms in total. The van der Waals surface area contributed by atoms with E-state index in [-0.39, 0.29) is 24.5 Å². The van der Waals surface area contributed by atoms with Crippen molar-refractivity contribution in [1.82, 2.24) is 9.88 Å². The summed E-state index contributed by atoms with van der Waals surface area (Å²) in [4.78, 5) is 35.4. The second-order valence-electron chi connectivity index (χ2n) is 6.17. The Morgan fingerprint density at radius 2 is 2.04 bits per heavy atom. The van der Waals surface area contributed by atoms with E-state index in [0.717, 1.165) is 11.1 Å². The molecule has 0 fully saturated rings. The van der Waals surface area contributed by atoms with E-state index in [4.69, 9.17) is 4.84 Å².